The number of benzene rings is 1. The molecule has 98 valence electrons. The zero-order chi connectivity index (χ0) is 13.9. The number of rotatable bonds is 4. The summed E-state index contributed by atoms with van der Waals surface area (Å²) in [6, 6.07) is 4.60. The number of nitrogens with one attached hydrogen (secondary N) is 1. The van der Waals surface area contributed by atoms with Crippen molar-refractivity contribution in [2.45, 2.75) is 25.8 Å². The number of nitrogen functional groups attached to an aromatic ring is 2. The van der Waals surface area contributed by atoms with Crippen LogP contribution in [0.5, 0.6) is 0 Å². The second-order valence-corrected chi connectivity index (χ2v) is 4.87. The normalized spacial score (nSPS) is 11.0. The molecule has 0 aliphatic carbocycles. The maximum atomic E-state index is 12.0. The van der Waals surface area contributed by atoms with Crippen LogP contribution in [0.3, 0.4) is 0 Å². The average Bonchev–Trinajstić information content (AvgIpc) is 2.12. The third-order valence-corrected chi connectivity index (χ3v) is 2.31. The minimum atomic E-state index is -0.720. The molecule has 0 saturated heterocycles. The largest absolute Gasteiger partial charge is 0.399 e. The molecule has 2 amide bonds. The summed E-state index contributed by atoms with van der Waals surface area (Å²) >= 11 is 0. The van der Waals surface area contributed by atoms with Gasteiger partial charge in [0.05, 0.1) is 0 Å². The predicted octanol–water partition coefficient (Wildman–Crippen LogP) is 0.235. The first-order valence-electron chi connectivity index (χ1n) is 5.46. The maximum absolute atomic E-state index is 12.0. The molecular weight excluding hydrogens is 232 g/mol. The molecule has 1 rings (SSSR count). The number of nitrogens with two attached hydrogens (primary N) is 3. The highest BCUT2D eigenvalue weighted by Gasteiger charge is 2.23. The minimum absolute atomic E-state index is 0.0521. The quantitative estimate of drug-likeness (QED) is 0.571. The van der Waals surface area contributed by atoms with Gasteiger partial charge in [-0.15, -0.1) is 0 Å². The van der Waals surface area contributed by atoms with Gasteiger partial charge in [0, 0.05) is 28.9 Å². The molecule has 6 nitrogen and oxygen atoms in total. The number of anilines is 2. The number of carbonyl (C=O) groups is 2. The van der Waals surface area contributed by atoms with Crippen molar-refractivity contribution in [1.82, 2.24) is 5.32 Å². The highest BCUT2D eigenvalue weighted by atomic mass is 16.2. The van der Waals surface area contributed by atoms with E-state index in [-0.39, 0.29) is 12.3 Å². The third-order valence-electron chi connectivity index (χ3n) is 2.31. The zero-order valence-corrected chi connectivity index (χ0v) is 10.5. The molecule has 0 aromatic heterocycles. The molecule has 1 aromatic rings. The van der Waals surface area contributed by atoms with Crippen molar-refractivity contribution >= 4 is 23.2 Å². The van der Waals surface area contributed by atoms with Crippen LogP contribution in [0.4, 0.5) is 11.4 Å². The molecule has 0 aliphatic heterocycles. The van der Waals surface area contributed by atoms with E-state index in [2.05, 4.69) is 5.32 Å². The van der Waals surface area contributed by atoms with Crippen LogP contribution in [-0.4, -0.2) is 17.4 Å². The molecule has 0 aliphatic rings. The van der Waals surface area contributed by atoms with Crippen LogP contribution in [0.2, 0.25) is 0 Å². The second kappa shape index (κ2) is 4.95. The Morgan fingerprint density at radius 1 is 1.17 bits per heavy atom. The second-order valence-electron chi connectivity index (χ2n) is 4.87. The summed E-state index contributed by atoms with van der Waals surface area (Å²) in [5.41, 5.74) is 16.8. The van der Waals surface area contributed by atoms with Gasteiger partial charge in [0.25, 0.3) is 5.91 Å². The molecule has 0 unspecified atom stereocenters. The molecule has 0 spiro atoms. The van der Waals surface area contributed by atoms with E-state index in [1.54, 1.807) is 19.9 Å². The van der Waals surface area contributed by atoms with Gasteiger partial charge in [-0.2, -0.15) is 0 Å². The van der Waals surface area contributed by atoms with Crippen molar-refractivity contribution in [3.05, 3.63) is 23.8 Å². The lowest BCUT2D eigenvalue weighted by Crippen LogP contribution is -2.46. The first kappa shape index (κ1) is 13.8. The van der Waals surface area contributed by atoms with Crippen LogP contribution in [0.25, 0.3) is 0 Å². The summed E-state index contributed by atoms with van der Waals surface area (Å²) in [4.78, 5) is 22.8. The minimum Gasteiger partial charge on any atom is -0.399 e. The fourth-order valence-electron chi connectivity index (χ4n) is 1.67. The molecule has 0 heterocycles. The van der Waals surface area contributed by atoms with Crippen molar-refractivity contribution in [3.8, 4) is 0 Å². The Kier molecular flexibility index (Phi) is 3.80. The van der Waals surface area contributed by atoms with E-state index in [0.29, 0.717) is 16.9 Å². The fourth-order valence-corrected chi connectivity index (χ4v) is 1.67. The Balaban J connectivity index is 2.85. The number of primary amides is 1. The summed E-state index contributed by atoms with van der Waals surface area (Å²) in [6.07, 6.45) is 0.0521. The third kappa shape index (κ3) is 3.97. The van der Waals surface area contributed by atoms with Gasteiger partial charge in [0.2, 0.25) is 5.91 Å². The first-order valence-corrected chi connectivity index (χ1v) is 5.46. The molecule has 0 fully saturated rings. The van der Waals surface area contributed by atoms with Crippen molar-refractivity contribution < 1.29 is 9.59 Å². The van der Waals surface area contributed by atoms with E-state index in [9.17, 15) is 9.59 Å². The van der Waals surface area contributed by atoms with E-state index >= 15 is 0 Å². The SMILES string of the molecule is CC(C)(CC(N)=O)NC(=O)c1cc(N)cc(N)c1. The van der Waals surface area contributed by atoms with Gasteiger partial charge in [-0.1, -0.05) is 0 Å². The Morgan fingerprint density at radius 2 is 1.67 bits per heavy atom. The van der Waals surface area contributed by atoms with Gasteiger partial charge in [0.15, 0.2) is 0 Å². The van der Waals surface area contributed by atoms with E-state index in [1.807, 2.05) is 0 Å². The number of carbonyl (C=O) groups excluding carboxylic acids is 2. The molecule has 6 heteroatoms. The highest BCUT2D eigenvalue weighted by molar-refractivity contribution is 5.96. The predicted molar refractivity (Wildman–Crippen MR) is 70.6 cm³/mol. The zero-order valence-electron chi connectivity index (χ0n) is 10.5. The standard InChI is InChI=1S/C12H18N4O2/c1-12(2,6-10(15)17)16-11(18)7-3-8(13)5-9(14)4-7/h3-5H,6,13-14H2,1-2H3,(H2,15,17)(H,16,18). The molecule has 0 radical (unpaired) electrons. The Morgan fingerprint density at radius 3 is 2.11 bits per heavy atom. The molecule has 0 bridgehead atoms. The summed E-state index contributed by atoms with van der Waals surface area (Å²) in [5, 5.41) is 2.71. The van der Waals surface area contributed by atoms with Crippen LogP contribution in [0.15, 0.2) is 18.2 Å². The lowest BCUT2D eigenvalue weighted by Gasteiger charge is -2.24. The lowest BCUT2D eigenvalue weighted by atomic mass is 9.99. The summed E-state index contributed by atoms with van der Waals surface area (Å²) in [6.45, 7) is 3.43. The van der Waals surface area contributed by atoms with Crippen LogP contribution in [-0.2, 0) is 4.79 Å². The van der Waals surface area contributed by atoms with Gasteiger partial charge in [-0.25, -0.2) is 0 Å². The topological polar surface area (TPSA) is 124 Å². The van der Waals surface area contributed by atoms with Crippen LogP contribution in [0.1, 0.15) is 30.6 Å². The van der Waals surface area contributed by atoms with Crippen molar-refractivity contribution in [2.75, 3.05) is 11.5 Å². The Labute approximate surface area is 106 Å². The smallest absolute Gasteiger partial charge is 0.251 e. The monoisotopic (exact) mass is 250 g/mol. The summed E-state index contributed by atoms with van der Waals surface area (Å²) in [5.74, 6) is -0.826. The highest BCUT2D eigenvalue weighted by Crippen LogP contribution is 2.15. The number of hydrogen-bond donors (Lipinski definition) is 4. The fraction of sp³-hybridized carbons (Fsp3) is 0.333. The average molecular weight is 250 g/mol. The van der Waals surface area contributed by atoms with Crippen molar-refractivity contribution in [2.24, 2.45) is 5.73 Å². The summed E-state index contributed by atoms with van der Waals surface area (Å²) in [7, 11) is 0. The first-order chi connectivity index (χ1) is 8.19. The van der Waals surface area contributed by atoms with Crippen molar-refractivity contribution in [1.29, 1.82) is 0 Å². The lowest BCUT2D eigenvalue weighted by molar-refractivity contribution is -0.119. The van der Waals surface area contributed by atoms with E-state index in [1.165, 1.54) is 12.1 Å². The number of amides is 2. The van der Waals surface area contributed by atoms with Gasteiger partial charge in [0.1, 0.15) is 0 Å². The van der Waals surface area contributed by atoms with Crippen LogP contribution >= 0.6 is 0 Å². The molecule has 0 saturated carbocycles. The van der Waals surface area contributed by atoms with E-state index in [0.717, 1.165) is 0 Å². The maximum Gasteiger partial charge on any atom is 0.251 e. The van der Waals surface area contributed by atoms with Crippen LogP contribution < -0.4 is 22.5 Å². The Bertz CT molecular complexity index is 463. The summed E-state index contributed by atoms with van der Waals surface area (Å²) < 4.78 is 0. The Hall–Kier alpha value is -2.24. The van der Waals surface area contributed by atoms with Gasteiger partial charge < -0.3 is 22.5 Å². The van der Waals surface area contributed by atoms with Gasteiger partial charge in [-0.05, 0) is 32.0 Å². The van der Waals surface area contributed by atoms with Crippen molar-refractivity contribution in [3.63, 3.8) is 0 Å². The van der Waals surface area contributed by atoms with E-state index < -0.39 is 11.4 Å². The van der Waals surface area contributed by atoms with Gasteiger partial charge >= 0.3 is 0 Å². The van der Waals surface area contributed by atoms with E-state index in [4.69, 9.17) is 17.2 Å². The van der Waals surface area contributed by atoms with Crippen LogP contribution in [0, 0.1) is 0 Å². The molecule has 18 heavy (non-hydrogen) atoms. The molecular formula is C12H18N4O2. The molecule has 7 N–H and O–H groups in total. The molecule has 0 atom stereocenters. The number of hydrogen-bond acceptors (Lipinski definition) is 4. The molecule has 1 aromatic carbocycles. The van der Waals surface area contributed by atoms with Gasteiger partial charge in [-0.3, -0.25) is 9.59 Å².